The molecule has 0 unspecified atom stereocenters. The van der Waals surface area contributed by atoms with Crippen LogP contribution < -0.4 is 0 Å². The maximum absolute atomic E-state index is 7.76. The summed E-state index contributed by atoms with van der Waals surface area (Å²) in [5.41, 5.74) is 0. The molecular weight excluding hydrogens is 92.1 g/mol. The number of aliphatic hydroxyl groups excluding tert-OH is 2. The van der Waals surface area contributed by atoms with Gasteiger partial charge in [-0.15, -0.1) is 6.58 Å². The third kappa shape index (κ3) is 955. The normalized spacial score (nSPS) is 5.29. The second-order valence-corrected chi connectivity index (χ2v) is 0.654. The van der Waals surface area contributed by atoms with E-state index in [0.29, 0.717) is 0 Å². The van der Waals surface area contributed by atoms with Gasteiger partial charge in [-0.3, -0.25) is 0 Å². The van der Waals surface area contributed by atoms with Crippen molar-refractivity contribution < 1.29 is 10.2 Å². The number of hydrogen-bond acceptors (Lipinski definition) is 2. The van der Waals surface area contributed by atoms with Crippen molar-refractivity contribution in [1.82, 2.24) is 0 Å². The van der Waals surface area contributed by atoms with E-state index in [1.807, 2.05) is 0 Å². The molecule has 0 aliphatic rings. The zero-order valence-corrected chi connectivity index (χ0v) is 4.17. The van der Waals surface area contributed by atoms with Crippen LogP contribution in [0.2, 0.25) is 0 Å². The van der Waals surface area contributed by atoms with E-state index < -0.39 is 0 Å². The molecule has 0 bridgehead atoms. The monoisotopic (exact) mass is 102 g/mol. The average Bonchev–Trinajstić information content (AvgIpc) is 1.69. The summed E-state index contributed by atoms with van der Waals surface area (Å²) in [5, 5.41) is 15.1. The van der Waals surface area contributed by atoms with E-state index in [9.17, 15) is 0 Å². The fourth-order valence-corrected chi connectivity index (χ4v) is 0. The molecule has 0 saturated heterocycles. The minimum Gasteiger partial charge on any atom is -0.516 e. The van der Waals surface area contributed by atoms with Crippen LogP contribution >= 0.6 is 0 Å². The summed E-state index contributed by atoms with van der Waals surface area (Å²) in [4.78, 5) is 0. The first kappa shape index (κ1) is 9.53. The van der Waals surface area contributed by atoms with E-state index in [1.165, 1.54) is 6.08 Å². The van der Waals surface area contributed by atoms with Crippen molar-refractivity contribution >= 4 is 0 Å². The highest BCUT2D eigenvalue weighted by atomic mass is 16.2. The van der Waals surface area contributed by atoms with Crippen LogP contribution in [0.1, 0.15) is 0 Å². The van der Waals surface area contributed by atoms with E-state index in [0.717, 1.165) is 6.26 Å². The fraction of sp³-hybridized carbons (Fsp3) is 0.200. The topological polar surface area (TPSA) is 40.5 Å². The first-order valence-electron chi connectivity index (χ1n) is 1.80. The van der Waals surface area contributed by atoms with Crippen LogP contribution in [0.5, 0.6) is 0 Å². The molecule has 42 valence electrons. The smallest absolute Gasteiger partial charge is 0.0719 e. The zero-order valence-electron chi connectivity index (χ0n) is 4.17. The second kappa shape index (κ2) is 18.8. The van der Waals surface area contributed by atoms with Crippen molar-refractivity contribution in [2.24, 2.45) is 0 Å². The predicted octanol–water partition coefficient (Wildman–Crippen LogP) is 0.853. The van der Waals surface area contributed by atoms with Crippen LogP contribution in [-0.2, 0) is 0 Å². The maximum atomic E-state index is 7.76. The first-order valence-corrected chi connectivity index (χ1v) is 1.80. The van der Waals surface area contributed by atoms with Crippen LogP contribution in [0.3, 0.4) is 0 Å². The largest absolute Gasteiger partial charge is 0.516 e. The van der Waals surface area contributed by atoms with Gasteiger partial charge in [0.25, 0.3) is 0 Å². The third-order valence-corrected chi connectivity index (χ3v) is 0.129. The van der Waals surface area contributed by atoms with Crippen molar-refractivity contribution in [3.05, 3.63) is 25.5 Å². The Hall–Kier alpha value is -0.760. The SMILES string of the molecule is C=CCO.C=CO. The molecule has 0 aromatic carbocycles. The molecule has 2 N–H and O–H groups in total. The van der Waals surface area contributed by atoms with Gasteiger partial charge < -0.3 is 10.2 Å². The summed E-state index contributed by atoms with van der Waals surface area (Å²) in [6.45, 7) is 6.23. The molecule has 0 saturated carbocycles. The second-order valence-electron chi connectivity index (χ2n) is 0.654. The summed E-state index contributed by atoms with van der Waals surface area (Å²) >= 11 is 0. The van der Waals surface area contributed by atoms with Crippen molar-refractivity contribution in [3.8, 4) is 0 Å². The van der Waals surface area contributed by atoms with Crippen LogP contribution in [0.15, 0.2) is 25.5 Å². The molecule has 0 fully saturated rings. The highest BCUT2D eigenvalue weighted by Gasteiger charge is 1.45. The highest BCUT2D eigenvalue weighted by molar-refractivity contribution is 4.60. The van der Waals surface area contributed by atoms with Crippen molar-refractivity contribution in [1.29, 1.82) is 0 Å². The molecule has 0 amide bonds. The van der Waals surface area contributed by atoms with Crippen LogP contribution in [0.25, 0.3) is 0 Å². The van der Waals surface area contributed by atoms with Gasteiger partial charge in [-0.2, -0.15) is 0 Å². The minimum absolute atomic E-state index is 0.0833. The molecule has 0 atom stereocenters. The van der Waals surface area contributed by atoms with E-state index >= 15 is 0 Å². The Bertz CT molecular complexity index is 41.3. The highest BCUT2D eigenvalue weighted by Crippen LogP contribution is 1.46. The van der Waals surface area contributed by atoms with Crippen LogP contribution in [0, 0.1) is 0 Å². The third-order valence-electron chi connectivity index (χ3n) is 0.129. The lowest BCUT2D eigenvalue weighted by Gasteiger charge is -1.60. The Morgan fingerprint density at radius 1 is 1.43 bits per heavy atom. The van der Waals surface area contributed by atoms with Crippen LogP contribution in [-0.4, -0.2) is 16.8 Å². The average molecular weight is 102 g/mol. The van der Waals surface area contributed by atoms with Gasteiger partial charge in [0.2, 0.25) is 0 Å². The van der Waals surface area contributed by atoms with Crippen molar-refractivity contribution in [2.45, 2.75) is 0 Å². The van der Waals surface area contributed by atoms with E-state index in [1.54, 1.807) is 0 Å². The Morgan fingerprint density at radius 3 is 1.57 bits per heavy atom. The zero-order chi connectivity index (χ0) is 6.12. The lowest BCUT2D eigenvalue weighted by atomic mass is 10.7. The molecule has 2 heteroatoms. The molecule has 0 heterocycles. The molecule has 0 aromatic heterocycles. The quantitative estimate of drug-likeness (QED) is 0.380. The van der Waals surface area contributed by atoms with Gasteiger partial charge in [0.15, 0.2) is 0 Å². The van der Waals surface area contributed by atoms with Crippen molar-refractivity contribution in [2.75, 3.05) is 6.61 Å². The Labute approximate surface area is 43.4 Å². The van der Waals surface area contributed by atoms with Gasteiger partial charge in [0.05, 0.1) is 12.9 Å². The molecule has 0 radical (unpaired) electrons. The standard InChI is InChI=1S/C3H6O.C2H4O/c1-2-3-4;1-2-3/h2,4H,1,3H2;2-3H,1H2. The van der Waals surface area contributed by atoms with E-state index in [2.05, 4.69) is 13.2 Å². The Morgan fingerprint density at radius 2 is 1.57 bits per heavy atom. The summed E-state index contributed by atoms with van der Waals surface area (Å²) in [7, 11) is 0. The van der Waals surface area contributed by atoms with Crippen molar-refractivity contribution in [3.63, 3.8) is 0 Å². The summed E-state index contributed by atoms with van der Waals surface area (Å²) in [6, 6.07) is 0. The molecule has 0 aliphatic heterocycles. The molecule has 0 aromatic rings. The molecule has 0 rings (SSSR count). The van der Waals surface area contributed by atoms with Gasteiger partial charge in [-0.05, 0) is 0 Å². The van der Waals surface area contributed by atoms with Crippen LogP contribution in [0.4, 0.5) is 0 Å². The maximum Gasteiger partial charge on any atom is 0.0719 e. The lowest BCUT2D eigenvalue weighted by molar-refractivity contribution is 0.343. The molecule has 0 spiro atoms. The number of hydrogen-bond donors (Lipinski definition) is 2. The molecule has 7 heavy (non-hydrogen) atoms. The van der Waals surface area contributed by atoms with Gasteiger partial charge >= 0.3 is 0 Å². The van der Waals surface area contributed by atoms with Gasteiger partial charge in [-0.1, -0.05) is 12.7 Å². The molecular formula is C5H10O2. The number of aliphatic hydroxyl groups is 2. The van der Waals surface area contributed by atoms with E-state index in [4.69, 9.17) is 10.2 Å². The first-order chi connectivity index (χ1) is 3.33. The summed E-state index contributed by atoms with van der Waals surface area (Å²) in [6.07, 6.45) is 2.18. The fourth-order valence-electron chi connectivity index (χ4n) is 0. The number of rotatable bonds is 1. The van der Waals surface area contributed by atoms with Gasteiger partial charge in [0.1, 0.15) is 0 Å². The summed E-state index contributed by atoms with van der Waals surface area (Å²) in [5.74, 6) is 0. The van der Waals surface area contributed by atoms with Gasteiger partial charge in [0, 0.05) is 0 Å². The Kier molecular flexibility index (Phi) is 25.6. The van der Waals surface area contributed by atoms with Gasteiger partial charge in [-0.25, -0.2) is 0 Å². The predicted molar refractivity (Wildman–Crippen MR) is 30.1 cm³/mol. The minimum atomic E-state index is 0.0833. The molecule has 0 aliphatic carbocycles. The van der Waals surface area contributed by atoms with E-state index in [-0.39, 0.29) is 6.61 Å². The Balaban J connectivity index is 0. The summed E-state index contributed by atoms with van der Waals surface area (Å²) < 4.78 is 0. The molecule has 2 nitrogen and oxygen atoms in total. The lowest BCUT2D eigenvalue weighted by Crippen LogP contribution is -1.62.